The van der Waals surface area contributed by atoms with Gasteiger partial charge in [-0.25, -0.2) is 4.79 Å². The van der Waals surface area contributed by atoms with E-state index in [-0.39, 0.29) is 5.91 Å². The summed E-state index contributed by atoms with van der Waals surface area (Å²) in [6.07, 6.45) is 5.36. The Morgan fingerprint density at radius 2 is 1.90 bits per heavy atom. The van der Waals surface area contributed by atoms with Crippen LogP contribution in [0.3, 0.4) is 0 Å². The van der Waals surface area contributed by atoms with Gasteiger partial charge in [0.25, 0.3) is 5.91 Å². The van der Waals surface area contributed by atoms with Crippen LogP contribution in [0.5, 0.6) is 0 Å². The van der Waals surface area contributed by atoms with Gasteiger partial charge in [-0.2, -0.15) is 0 Å². The molecule has 106 valence electrons. The Hall–Kier alpha value is -2.95. The highest BCUT2D eigenvalue weighted by molar-refractivity contribution is 6.05. The van der Waals surface area contributed by atoms with Crippen LogP contribution < -0.4 is 4.90 Å². The van der Waals surface area contributed by atoms with Crippen molar-refractivity contribution in [3.05, 3.63) is 66.0 Å². The molecule has 0 aliphatic heterocycles. The lowest BCUT2D eigenvalue weighted by atomic mass is 10.1. The molecule has 0 fully saturated rings. The summed E-state index contributed by atoms with van der Waals surface area (Å²) in [5.41, 5.74) is 1.73. The third-order valence-electron chi connectivity index (χ3n) is 2.87. The van der Waals surface area contributed by atoms with E-state index in [2.05, 4.69) is 4.98 Å². The Morgan fingerprint density at radius 3 is 2.57 bits per heavy atom. The van der Waals surface area contributed by atoms with Crippen LogP contribution in [0.15, 0.2) is 54.9 Å². The van der Waals surface area contributed by atoms with Crippen LogP contribution in [-0.2, 0) is 4.79 Å². The van der Waals surface area contributed by atoms with Gasteiger partial charge >= 0.3 is 5.97 Å². The van der Waals surface area contributed by atoms with Crippen LogP contribution in [0.1, 0.15) is 15.9 Å². The second-order valence-electron chi connectivity index (χ2n) is 4.38. The largest absolute Gasteiger partial charge is 0.478 e. The first kappa shape index (κ1) is 14.5. The molecule has 0 bridgehead atoms. The molecule has 1 aromatic heterocycles. The molecule has 0 saturated carbocycles. The summed E-state index contributed by atoms with van der Waals surface area (Å²) in [5.74, 6) is -1.26. The van der Waals surface area contributed by atoms with Gasteiger partial charge in [0.1, 0.15) is 0 Å². The highest BCUT2D eigenvalue weighted by Gasteiger charge is 2.13. The first-order valence-corrected chi connectivity index (χ1v) is 6.27. The fourth-order valence-electron chi connectivity index (χ4n) is 1.80. The van der Waals surface area contributed by atoms with Gasteiger partial charge in [-0.15, -0.1) is 0 Å². The third-order valence-corrected chi connectivity index (χ3v) is 2.87. The molecule has 1 aromatic carbocycles. The van der Waals surface area contributed by atoms with E-state index in [4.69, 9.17) is 5.11 Å². The average molecular weight is 282 g/mol. The number of hydrogen-bond acceptors (Lipinski definition) is 3. The molecule has 0 saturated heterocycles. The average Bonchev–Trinajstić information content (AvgIpc) is 2.52. The van der Waals surface area contributed by atoms with Crippen molar-refractivity contribution in [2.75, 3.05) is 11.9 Å². The molecule has 0 spiro atoms. The molecule has 0 aliphatic rings. The van der Waals surface area contributed by atoms with Crippen molar-refractivity contribution in [1.82, 2.24) is 4.98 Å². The Bertz CT molecular complexity index is 681. The molecule has 0 unspecified atom stereocenters. The fourth-order valence-corrected chi connectivity index (χ4v) is 1.80. The summed E-state index contributed by atoms with van der Waals surface area (Å²) < 4.78 is 0. The smallest absolute Gasteiger partial charge is 0.328 e. The van der Waals surface area contributed by atoms with E-state index in [1.54, 1.807) is 13.1 Å². The summed E-state index contributed by atoms with van der Waals surface area (Å²) in [7, 11) is 1.68. The summed E-state index contributed by atoms with van der Waals surface area (Å²) in [6, 6.07) is 10.8. The Labute approximate surface area is 122 Å². The molecule has 5 nitrogen and oxygen atoms in total. The van der Waals surface area contributed by atoms with Crippen molar-refractivity contribution in [1.29, 1.82) is 0 Å². The van der Waals surface area contributed by atoms with Gasteiger partial charge in [-0.3, -0.25) is 9.78 Å². The topological polar surface area (TPSA) is 70.5 Å². The van der Waals surface area contributed by atoms with Crippen LogP contribution in [0.25, 0.3) is 6.08 Å². The van der Waals surface area contributed by atoms with Gasteiger partial charge in [0.15, 0.2) is 0 Å². The molecule has 0 aliphatic carbocycles. The van der Waals surface area contributed by atoms with Crippen LogP contribution in [-0.4, -0.2) is 29.0 Å². The molecular formula is C16H14N2O3. The van der Waals surface area contributed by atoms with Gasteiger partial charge < -0.3 is 10.0 Å². The van der Waals surface area contributed by atoms with E-state index >= 15 is 0 Å². The van der Waals surface area contributed by atoms with Gasteiger partial charge in [0, 0.05) is 31.2 Å². The molecule has 5 heteroatoms. The number of aliphatic carboxylic acids is 1. The number of rotatable bonds is 4. The number of pyridine rings is 1. The second kappa shape index (κ2) is 6.47. The Kier molecular flexibility index (Phi) is 4.46. The lowest BCUT2D eigenvalue weighted by Crippen LogP contribution is -2.26. The second-order valence-corrected chi connectivity index (χ2v) is 4.38. The molecule has 0 radical (unpaired) electrons. The molecule has 2 aromatic rings. The maximum absolute atomic E-state index is 12.4. The normalized spacial score (nSPS) is 10.5. The molecular weight excluding hydrogens is 268 g/mol. The zero-order valence-corrected chi connectivity index (χ0v) is 11.4. The third kappa shape index (κ3) is 3.76. The zero-order valence-electron chi connectivity index (χ0n) is 11.4. The number of carbonyl (C=O) groups is 2. The molecule has 2 rings (SSSR count). The molecule has 1 amide bonds. The maximum atomic E-state index is 12.4. The minimum atomic E-state index is -1.05. The minimum Gasteiger partial charge on any atom is -0.478 e. The number of para-hydroxylation sites is 1. The van der Waals surface area contributed by atoms with E-state index in [0.717, 1.165) is 11.8 Å². The summed E-state index contributed by atoms with van der Waals surface area (Å²) in [6.45, 7) is 0. The lowest BCUT2D eigenvalue weighted by molar-refractivity contribution is -0.131. The van der Waals surface area contributed by atoms with Gasteiger partial charge in [-0.05, 0) is 29.8 Å². The number of aromatic nitrogens is 1. The van der Waals surface area contributed by atoms with E-state index in [0.29, 0.717) is 11.1 Å². The summed E-state index contributed by atoms with van der Waals surface area (Å²) in [5, 5.41) is 8.61. The summed E-state index contributed by atoms with van der Waals surface area (Å²) >= 11 is 0. The van der Waals surface area contributed by atoms with Crippen molar-refractivity contribution in [3.63, 3.8) is 0 Å². The van der Waals surface area contributed by atoms with Crippen molar-refractivity contribution in [2.24, 2.45) is 0 Å². The molecule has 1 heterocycles. The van der Waals surface area contributed by atoms with Gasteiger partial charge in [0.05, 0.1) is 5.56 Å². The quantitative estimate of drug-likeness (QED) is 0.874. The van der Waals surface area contributed by atoms with Crippen molar-refractivity contribution >= 4 is 23.6 Å². The number of benzene rings is 1. The summed E-state index contributed by atoms with van der Waals surface area (Å²) in [4.78, 5) is 28.4. The first-order valence-electron chi connectivity index (χ1n) is 6.27. The van der Waals surface area contributed by atoms with E-state index < -0.39 is 5.97 Å². The zero-order chi connectivity index (χ0) is 15.2. The number of carboxylic acids is 1. The Morgan fingerprint density at radius 1 is 1.19 bits per heavy atom. The van der Waals surface area contributed by atoms with Crippen LogP contribution >= 0.6 is 0 Å². The number of carbonyl (C=O) groups excluding carboxylic acids is 1. The molecule has 1 N–H and O–H groups in total. The molecule has 21 heavy (non-hydrogen) atoms. The predicted octanol–water partition coefficient (Wildman–Crippen LogP) is 2.46. The van der Waals surface area contributed by atoms with Crippen LogP contribution in [0, 0.1) is 0 Å². The monoisotopic (exact) mass is 282 g/mol. The highest BCUT2D eigenvalue weighted by Crippen LogP contribution is 2.15. The number of nitrogens with zero attached hydrogens (tertiary/aromatic N) is 2. The van der Waals surface area contributed by atoms with Crippen LogP contribution in [0.2, 0.25) is 0 Å². The van der Waals surface area contributed by atoms with E-state index in [9.17, 15) is 9.59 Å². The SMILES string of the molecule is CN(C(=O)c1cncc(C=CC(=O)O)c1)c1ccccc1. The van der Waals surface area contributed by atoms with Crippen molar-refractivity contribution in [3.8, 4) is 0 Å². The maximum Gasteiger partial charge on any atom is 0.328 e. The van der Waals surface area contributed by atoms with Gasteiger partial charge in [-0.1, -0.05) is 18.2 Å². The predicted molar refractivity (Wildman–Crippen MR) is 80.1 cm³/mol. The Balaban J connectivity index is 2.23. The highest BCUT2D eigenvalue weighted by atomic mass is 16.4. The minimum absolute atomic E-state index is 0.209. The van der Waals surface area contributed by atoms with Crippen LogP contribution in [0.4, 0.5) is 5.69 Å². The number of amides is 1. The first-order chi connectivity index (χ1) is 10.1. The van der Waals surface area contributed by atoms with Crippen molar-refractivity contribution in [2.45, 2.75) is 0 Å². The fraction of sp³-hybridized carbons (Fsp3) is 0.0625. The number of carboxylic acid groups (broad SMARTS) is 1. The number of anilines is 1. The number of hydrogen-bond donors (Lipinski definition) is 1. The van der Waals surface area contributed by atoms with E-state index in [1.165, 1.54) is 23.4 Å². The standard InChI is InChI=1S/C16H14N2O3/c1-18(14-5-3-2-4-6-14)16(21)13-9-12(10-17-11-13)7-8-15(19)20/h2-11H,1H3,(H,19,20). The van der Waals surface area contributed by atoms with Crippen molar-refractivity contribution < 1.29 is 14.7 Å². The lowest BCUT2D eigenvalue weighted by Gasteiger charge is -2.17. The van der Waals surface area contributed by atoms with Gasteiger partial charge in [0.2, 0.25) is 0 Å². The molecule has 0 atom stereocenters. The van der Waals surface area contributed by atoms with E-state index in [1.807, 2.05) is 30.3 Å².